The minimum absolute atomic E-state index is 0.0361. The van der Waals surface area contributed by atoms with E-state index in [1.165, 1.54) is 12.3 Å². The van der Waals surface area contributed by atoms with Crippen LogP contribution in [0, 0.1) is 5.92 Å². The Bertz CT molecular complexity index is 1030. The van der Waals surface area contributed by atoms with Crippen LogP contribution in [0.4, 0.5) is 0 Å². The smallest absolute Gasteiger partial charge is 0.341 e. The van der Waals surface area contributed by atoms with Gasteiger partial charge in [-0.2, -0.15) is 0 Å². The van der Waals surface area contributed by atoms with E-state index in [0.29, 0.717) is 23.6 Å². The molecule has 30 heavy (non-hydrogen) atoms. The molecule has 1 aromatic heterocycles. The molecule has 1 fully saturated rings. The zero-order valence-electron chi connectivity index (χ0n) is 17.7. The maximum absolute atomic E-state index is 12.4. The normalized spacial score (nSPS) is 22.1. The number of nitrogens with zero attached hydrogens (tertiary/aromatic N) is 1. The van der Waals surface area contributed by atoms with Gasteiger partial charge in [-0.25, -0.2) is 4.79 Å². The van der Waals surface area contributed by atoms with Crippen LogP contribution in [0.15, 0.2) is 29.2 Å². The van der Waals surface area contributed by atoms with Crippen molar-refractivity contribution >= 4 is 5.97 Å². The van der Waals surface area contributed by atoms with Crippen LogP contribution in [0.2, 0.25) is 0 Å². The molecule has 0 spiro atoms. The topological polar surface area (TPSA) is 87.0 Å². The molecule has 7 nitrogen and oxygen atoms in total. The van der Waals surface area contributed by atoms with E-state index in [1.54, 1.807) is 14.2 Å². The highest BCUT2D eigenvalue weighted by Gasteiger charge is 2.33. The Morgan fingerprint density at radius 3 is 2.47 bits per heavy atom. The average Bonchev–Trinajstić information content (AvgIpc) is 2.68. The molecular formula is C23H27NO6. The predicted molar refractivity (Wildman–Crippen MR) is 112 cm³/mol. The Morgan fingerprint density at radius 2 is 1.87 bits per heavy atom. The summed E-state index contributed by atoms with van der Waals surface area (Å²) >= 11 is 0. The number of methoxy groups -OCH3 is 2. The molecule has 0 radical (unpaired) electrons. The fourth-order valence-electron chi connectivity index (χ4n) is 4.33. The first-order valence-corrected chi connectivity index (χ1v) is 10.2. The summed E-state index contributed by atoms with van der Waals surface area (Å²) in [6.07, 6.45) is 4.23. The molecule has 0 bridgehead atoms. The summed E-state index contributed by atoms with van der Waals surface area (Å²) in [5.74, 6) is 0.330. The third-order valence-corrected chi connectivity index (χ3v) is 6.21. The summed E-state index contributed by atoms with van der Waals surface area (Å²) in [6.45, 7) is 4.19. The number of carboxylic acids is 1. The van der Waals surface area contributed by atoms with E-state index in [4.69, 9.17) is 14.2 Å². The van der Waals surface area contributed by atoms with Gasteiger partial charge in [0.2, 0.25) is 0 Å². The molecule has 0 unspecified atom stereocenters. The maximum atomic E-state index is 12.4. The van der Waals surface area contributed by atoms with Gasteiger partial charge in [-0.15, -0.1) is 0 Å². The molecule has 1 saturated carbocycles. The van der Waals surface area contributed by atoms with Crippen molar-refractivity contribution in [3.63, 3.8) is 0 Å². The second-order valence-corrected chi connectivity index (χ2v) is 8.39. The van der Waals surface area contributed by atoms with Gasteiger partial charge in [-0.05, 0) is 30.0 Å². The molecule has 1 atom stereocenters. The second-order valence-electron chi connectivity index (χ2n) is 8.39. The predicted octanol–water partition coefficient (Wildman–Crippen LogP) is 3.53. The van der Waals surface area contributed by atoms with Crippen LogP contribution in [0.5, 0.6) is 11.5 Å². The largest absolute Gasteiger partial charge is 0.493 e. The van der Waals surface area contributed by atoms with E-state index in [9.17, 15) is 14.7 Å². The molecule has 4 rings (SSSR count). The van der Waals surface area contributed by atoms with Gasteiger partial charge in [0.05, 0.1) is 18.9 Å². The van der Waals surface area contributed by atoms with Crippen molar-refractivity contribution in [1.29, 1.82) is 0 Å². The van der Waals surface area contributed by atoms with Crippen molar-refractivity contribution < 1.29 is 24.1 Å². The average molecular weight is 413 g/mol. The number of hydrogen-bond acceptors (Lipinski definition) is 5. The van der Waals surface area contributed by atoms with Crippen LogP contribution in [-0.2, 0) is 11.2 Å². The van der Waals surface area contributed by atoms with Crippen molar-refractivity contribution in [3.8, 4) is 22.8 Å². The van der Waals surface area contributed by atoms with E-state index in [1.807, 2.05) is 16.7 Å². The number of pyridine rings is 1. The highest BCUT2D eigenvalue weighted by Crippen LogP contribution is 2.43. The number of rotatable bonds is 6. The third-order valence-electron chi connectivity index (χ3n) is 6.21. The lowest BCUT2D eigenvalue weighted by Crippen LogP contribution is -2.39. The summed E-state index contributed by atoms with van der Waals surface area (Å²) < 4.78 is 19.0. The van der Waals surface area contributed by atoms with E-state index >= 15 is 0 Å². The number of carboxylic acid groups (broad SMARTS) is 1. The van der Waals surface area contributed by atoms with E-state index in [0.717, 1.165) is 24.0 Å². The zero-order chi connectivity index (χ0) is 21.6. The number of fused-ring (bicyclic) bond motifs is 3. The Balaban J connectivity index is 1.79. The van der Waals surface area contributed by atoms with Crippen molar-refractivity contribution in [1.82, 2.24) is 4.57 Å². The standard InChI is InChI=1S/C23H27NO6/c1-12(2)18-5-13-6-22(30-15-7-14(8-15)28-3)21(29-4)9-16(13)19-10-20(25)17(23(26)27)11-24(18)19/h6,9-12,14-15,18H,5,7-8H2,1-4H3,(H,26,27)/t14-,15+,18-/m0/s1. The molecule has 0 amide bonds. The number of ether oxygens (including phenoxy) is 3. The van der Waals surface area contributed by atoms with Crippen LogP contribution >= 0.6 is 0 Å². The number of hydrogen-bond donors (Lipinski definition) is 1. The quantitative estimate of drug-likeness (QED) is 0.780. The van der Waals surface area contributed by atoms with E-state index in [2.05, 4.69) is 13.8 Å². The summed E-state index contributed by atoms with van der Waals surface area (Å²) in [6, 6.07) is 5.35. The number of benzene rings is 1. The van der Waals surface area contributed by atoms with Crippen molar-refractivity contribution in [2.75, 3.05) is 14.2 Å². The number of aromatic carboxylic acids is 1. The molecule has 160 valence electrons. The molecule has 1 aliphatic heterocycles. The molecule has 1 aromatic carbocycles. The maximum Gasteiger partial charge on any atom is 0.341 e. The SMILES string of the molecule is COc1cc2c(cc1O[C@H]1C[C@@H](OC)C1)C[C@@H](C(C)C)n1cc(C(=O)O)c(=O)cc1-2. The highest BCUT2D eigenvalue weighted by molar-refractivity contribution is 5.88. The summed E-state index contributed by atoms with van der Waals surface area (Å²) in [5, 5.41) is 9.40. The lowest BCUT2D eigenvalue weighted by Gasteiger charge is -2.36. The van der Waals surface area contributed by atoms with Gasteiger partial charge < -0.3 is 23.9 Å². The van der Waals surface area contributed by atoms with Crippen LogP contribution in [0.1, 0.15) is 48.7 Å². The molecule has 2 aromatic rings. The lowest BCUT2D eigenvalue weighted by molar-refractivity contribution is -0.0388. The summed E-state index contributed by atoms with van der Waals surface area (Å²) in [7, 11) is 3.30. The van der Waals surface area contributed by atoms with Gasteiger partial charge in [0.1, 0.15) is 11.7 Å². The molecule has 1 N–H and O–H groups in total. The van der Waals surface area contributed by atoms with E-state index < -0.39 is 11.4 Å². The molecule has 0 saturated heterocycles. The summed E-state index contributed by atoms with van der Waals surface area (Å²) in [4.78, 5) is 23.9. The lowest BCUT2D eigenvalue weighted by atomic mass is 9.87. The van der Waals surface area contributed by atoms with Gasteiger partial charge in [0, 0.05) is 43.8 Å². The molecular weight excluding hydrogens is 386 g/mol. The fraction of sp³-hybridized carbons (Fsp3) is 0.478. The minimum Gasteiger partial charge on any atom is -0.493 e. The Morgan fingerprint density at radius 1 is 1.13 bits per heavy atom. The van der Waals surface area contributed by atoms with Gasteiger partial charge in [0.25, 0.3) is 0 Å². The van der Waals surface area contributed by atoms with Gasteiger partial charge in [-0.1, -0.05) is 13.8 Å². The van der Waals surface area contributed by atoms with Crippen molar-refractivity contribution in [2.24, 2.45) is 5.92 Å². The van der Waals surface area contributed by atoms with Crippen molar-refractivity contribution in [2.45, 2.75) is 51.4 Å². The van der Waals surface area contributed by atoms with Crippen LogP contribution < -0.4 is 14.9 Å². The first kappa shape index (κ1) is 20.5. The number of aromatic nitrogens is 1. The summed E-state index contributed by atoms with van der Waals surface area (Å²) in [5.41, 5.74) is 1.93. The van der Waals surface area contributed by atoms with Crippen LogP contribution in [-0.4, -0.2) is 42.1 Å². The fourth-order valence-corrected chi connectivity index (χ4v) is 4.33. The first-order chi connectivity index (χ1) is 14.3. The van der Waals surface area contributed by atoms with Crippen molar-refractivity contribution in [3.05, 3.63) is 45.7 Å². The Labute approximate surface area is 175 Å². The molecule has 2 aliphatic rings. The molecule has 1 aliphatic carbocycles. The van der Waals surface area contributed by atoms with Gasteiger partial charge in [-0.3, -0.25) is 4.79 Å². The first-order valence-electron chi connectivity index (χ1n) is 10.2. The Hall–Kier alpha value is -2.80. The Kier molecular flexibility index (Phi) is 5.32. The third kappa shape index (κ3) is 3.47. The monoisotopic (exact) mass is 413 g/mol. The second kappa shape index (κ2) is 7.80. The minimum atomic E-state index is -1.21. The zero-order valence-corrected chi connectivity index (χ0v) is 17.7. The highest BCUT2D eigenvalue weighted by atomic mass is 16.5. The van der Waals surface area contributed by atoms with E-state index in [-0.39, 0.29) is 29.7 Å². The number of carbonyl (C=O) groups is 1. The van der Waals surface area contributed by atoms with Gasteiger partial charge in [0.15, 0.2) is 16.9 Å². The van der Waals surface area contributed by atoms with Crippen LogP contribution in [0.25, 0.3) is 11.3 Å². The molecule has 2 heterocycles. The molecule has 7 heteroatoms. The van der Waals surface area contributed by atoms with Crippen LogP contribution in [0.3, 0.4) is 0 Å². The van der Waals surface area contributed by atoms with Gasteiger partial charge >= 0.3 is 5.97 Å².